The minimum atomic E-state index is -10.7. The van der Waals surface area contributed by atoms with Crippen LogP contribution in [0.25, 0.3) is 11.4 Å². The molecule has 0 aliphatic rings. The van der Waals surface area contributed by atoms with Crippen molar-refractivity contribution in [1.29, 1.82) is 0 Å². The third kappa shape index (κ3) is 41.8. The van der Waals surface area contributed by atoms with E-state index in [1.165, 1.54) is 31.8 Å². The van der Waals surface area contributed by atoms with Crippen LogP contribution in [0.3, 0.4) is 0 Å². The monoisotopic (exact) mass is 1640 g/mol. The molecule has 9 aromatic carbocycles. The van der Waals surface area contributed by atoms with Crippen molar-refractivity contribution < 1.29 is 101 Å². The third-order valence-electron chi connectivity index (χ3n) is 12.4. The zero-order chi connectivity index (χ0) is 68.0. The van der Waals surface area contributed by atoms with Gasteiger partial charge >= 0.3 is 108 Å². The molecule has 0 atom stereocenters. The Kier molecular flexibility index (Phi) is 42.6. The quantitative estimate of drug-likeness (QED) is 0.0473. The molecule has 0 N–H and O–H groups in total. The Morgan fingerprint density at radius 1 is 0.392 bits per heavy atom. The summed E-state index contributed by atoms with van der Waals surface area (Å²) in [5.41, 5.74) is 8.65. The maximum Gasteiger partial charge on any atom is 4.00 e. The third-order valence-corrected chi connectivity index (χ3v) is 22.9. The van der Waals surface area contributed by atoms with Crippen LogP contribution in [-0.2, 0) is 75.3 Å². The molecule has 0 unspecified atom stereocenters. The molecule has 2 aromatic heterocycles. The number of nitrogens with zero attached hydrogens (tertiary/aromatic N) is 2. The van der Waals surface area contributed by atoms with Gasteiger partial charge in [-0.05, 0) is 45.5 Å². The van der Waals surface area contributed by atoms with E-state index in [2.05, 4.69) is 330 Å². The SMILES string of the molecule is C(#Cc1ccc(-c2ccccn2)nc1)c1cc[cH-]c1.C[Si](C)(C)c1ccc[cH-]1.C[Si](C)(C)c1ccc[cH-]1.F[P-](F)(F)(F)(F)F.[C-]#C[Si](C)(C)C.[C-]#C[Si](C)(C)C.[CH3-].[Cu+].[Fe+2].[Ru+2].[Ti+4].c1ccc(P(c2ccccc2)c2cc[cH-]c2)cc1.c1ccc(P(c2ccccc2)c2cc[cH-]c2)cc1. The molecule has 0 saturated carbocycles. The Morgan fingerprint density at radius 2 is 0.711 bits per heavy atom. The van der Waals surface area contributed by atoms with Crippen LogP contribution in [0.1, 0.15) is 11.1 Å². The second kappa shape index (κ2) is 44.1. The molecule has 0 aliphatic heterocycles. The van der Waals surface area contributed by atoms with Gasteiger partial charge in [-0.3, -0.25) is 9.97 Å². The first kappa shape index (κ1) is 93.8. The van der Waals surface area contributed by atoms with Crippen LogP contribution >= 0.6 is 23.7 Å². The van der Waals surface area contributed by atoms with Gasteiger partial charge in [0.25, 0.3) is 0 Å². The summed E-state index contributed by atoms with van der Waals surface area (Å²) in [5.74, 6) is 6.19. The van der Waals surface area contributed by atoms with Crippen LogP contribution < -0.4 is 42.2 Å². The van der Waals surface area contributed by atoms with Gasteiger partial charge in [0.05, 0.1) is 43.7 Å². The van der Waals surface area contributed by atoms with E-state index in [0.717, 1.165) is 22.5 Å². The predicted molar refractivity (Wildman–Crippen MR) is 408 cm³/mol. The summed E-state index contributed by atoms with van der Waals surface area (Å²) in [7, 11) is -15.9. The number of aromatic nitrogens is 2. The van der Waals surface area contributed by atoms with E-state index in [1.807, 2.05) is 54.6 Å². The predicted octanol–water partition coefficient (Wildman–Crippen LogP) is 20.2. The van der Waals surface area contributed by atoms with E-state index >= 15 is 0 Å². The molecule has 2 heterocycles. The number of benzene rings is 4. The number of pyridine rings is 2. The minimum absolute atomic E-state index is 0. The fourth-order valence-corrected chi connectivity index (χ4v) is 14.7. The first-order valence-corrected chi connectivity index (χ1v) is 48.5. The van der Waals surface area contributed by atoms with E-state index in [4.69, 9.17) is 12.8 Å². The molecule has 11 rings (SSSR count). The maximum absolute atomic E-state index is 10.7. The van der Waals surface area contributed by atoms with Crippen LogP contribution in [0, 0.1) is 43.2 Å². The van der Waals surface area contributed by atoms with E-state index in [1.54, 1.807) is 22.8 Å². The van der Waals surface area contributed by atoms with Crippen molar-refractivity contribution in [2.24, 2.45) is 0 Å². The van der Waals surface area contributed by atoms with Gasteiger partial charge in [-0.25, -0.2) is 36.4 Å². The molecule has 11 aromatic rings. The van der Waals surface area contributed by atoms with Crippen molar-refractivity contribution in [2.45, 2.75) is 78.6 Å². The number of rotatable bonds is 9. The first-order valence-electron chi connectivity index (χ1n) is 29.8. The molecular formula is C78H86CuF6FeN2P3RuSi4Ti. The van der Waals surface area contributed by atoms with Crippen LogP contribution in [0.15, 0.2) is 285 Å². The van der Waals surface area contributed by atoms with Crippen molar-refractivity contribution >= 4 is 98.1 Å². The van der Waals surface area contributed by atoms with Gasteiger partial charge in [0.15, 0.2) is 0 Å². The molecule has 0 saturated heterocycles. The fraction of sp³-hybridized carbons (Fsp3) is 0.154. The minimum Gasteiger partial charge on any atom is -0.701 e. The summed E-state index contributed by atoms with van der Waals surface area (Å²) in [6.07, 6.45) is 16.9. The van der Waals surface area contributed by atoms with Gasteiger partial charge < -0.3 is 31.4 Å². The number of halogens is 6. The number of hydrogen-bond acceptors (Lipinski definition) is 2. The first-order chi connectivity index (χ1) is 43.1. The van der Waals surface area contributed by atoms with Gasteiger partial charge in [0, 0.05) is 18.0 Å². The van der Waals surface area contributed by atoms with Gasteiger partial charge in [-0.1, -0.05) is 228 Å². The standard InChI is InChI=1S/C17H11N2.2C17H14P.2C8H13Si.2C5H9Si.CH3.Cu.F6P.Fe.Ru.Ti/c1-2-6-14(5-1)8-9-15-10-11-17(19-13-15)16-7-3-4-12-18-16;2*1-3-9-15(10-4-1)18(17-13-7-8-14-17)16-11-5-2-6-12-16;2*1-9(2,3)8-6-4-5-7-8;2*1-5-6(2,3)4;;;1-7(2,3,4,5)6;;;/h1-7,10-13H;2*1-14H;2*4-7H,1-3H3;2*2-4H3;1H3;;;;;/q8*-1;+1;-1;2*+2;+4. The van der Waals surface area contributed by atoms with Crippen molar-refractivity contribution in [3.63, 3.8) is 0 Å². The summed E-state index contributed by atoms with van der Waals surface area (Å²) in [6, 6.07) is 95.5. The molecule has 0 spiro atoms. The molecule has 512 valence electrons. The fourth-order valence-electron chi connectivity index (χ4n) is 7.71. The van der Waals surface area contributed by atoms with Gasteiger partial charge in [0.2, 0.25) is 0 Å². The van der Waals surface area contributed by atoms with Crippen molar-refractivity contribution in [3.05, 3.63) is 317 Å². The summed E-state index contributed by atoms with van der Waals surface area (Å²) < 4.78 is 59.2. The van der Waals surface area contributed by atoms with E-state index < -0.39 is 55.9 Å². The smallest absolute Gasteiger partial charge is 0.701 e. The molecule has 2 nitrogen and oxygen atoms in total. The molecule has 0 radical (unpaired) electrons. The largest absolute Gasteiger partial charge is 4.00 e. The molecule has 19 heteroatoms. The summed E-state index contributed by atoms with van der Waals surface area (Å²) in [6.45, 7) is 26.7. The zero-order valence-electron chi connectivity index (χ0n) is 57.1. The summed E-state index contributed by atoms with van der Waals surface area (Å²) in [4.78, 5) is 8.65. The van der Waals surface area contributed by atoms with Crippen LogP contribution in [0.4, 0.5) is 25.2 Å². The van der Waals surface area contributed by atoms with E-state index in [9.17, 15) is 25.2 Å². The Bertz CT molecular complexity index is 3640. The van der Waals surface area contributed by atoms with Gasteiger partial charge in [0.1, 0.15) is 0 Å². The zero-order valence-corrected chi connectivity index (χ0v) is 69.2. The molecule has 97 heavy (non-hydrogen) atoms. The molecule has 0 aliphatic carbocycles. The molecule has 0 amide bonds. The second-order valence-electron chi connectivity index (χ2n) is 24.9. The molecular weight excluding hydrogens is 1550 g/mol. The van der Waals surface area contributed by atoms with Crippen LogP contribution in [-0.4, -0.2) is 42.3 Å². The van der Waals surface area contributed by atoms with Gasteiger partial charge in [-0.15, -0.1) is 11.5 Å². The normalized spacial score (nSPS) is 11.0. The average molecular weight is 1640 g/mol. The van der Waals surface area contributed by atoms with Crippen molar-refractivity contribution in [3.8, 4) is 34.3 Å². The van der Waals surface area contributed by atoms with E-state index in [-0.39, 0.29) is 82.8 Å². The summed E-state index contributed by atoms with van der Waals surface area (Å²) >= 11 is 0. The van der Waals surface area contributed by atoms with Crippen LogP contribution in [0.2, 0.25) is 78.6 Å². The Labute approximate surface area is 632 Å². The number of hydrogen-bond donors (Lipinski definition) is 0. The van der Waals surface area contributed by atoms with Crippen LogP contribution in [0.5, 0.6) is 0 Å². The molecule has 0 fully saturated rings. The van der Waals surface area contributed by atoms with Crippen molar-refractivity contribution in [1.82, 2.24) is 9.97 Å². The Morgan fingerprint density at radius 3 is 0.948 bits per heavy atom. The Balaban J connectivity index is 0. The summed E-state index contributed by atoms with van der Waals surface area (Å²) in [5, 5.41) is 11.6. The van der Waals surface area contributed by atoms with Gasteiger partial charge in [-0.2, -0.15) is 106 Å². The maximum atomic E-state index is 9.87. The molecule has 0 bridgehead atoms. The van der Waals surface area contributed by atoms with Crippen molar-refractivity contribution in [2.75, 3.05) is 0 Å². The topological polar surface area (TPSA) is 25.8 Å². The second-order valence-corrected chi connectivity index (χ2v) is 50.9. The van der Waals surface area contributed by atoms with E-state index in [0.29, 0.717) is 0 Å². The Hall–Kier alpha value is -5.28. The average Bonchev–Trinajstić information content (AvgIpc) is 1.54.